The fourth-order valence-electron chi connectivity index (χ4n) is 0.957. The van der Waals surface area contributed by atoms with Crippen molar-refractivity contribution < 1.29 is 0 Å². The van der Waals surface area contributed by atoms with E-state index in [4.69, 9.17) is 5.84 Å². The number of hydrogen-bond acceptors (Lipinski definition) is 3. The van der Waals surface area contributed by atoms with Crippen molar-refractivity contribution in [1.29, 1.82) is 0 Å². The molecule has 6 heteroatoms. The molecule has 0 amide bonds. The molecule has 1 atom stereocenters. The number of guanidine groups is 1. The van der Waals surface area contributed by atoms with Gasteiger partial charge in [0.15, 0.2) is 0 Å². The van der Waals surface area contributed by atoms with Gasteiger partial charge in [-0.3, -0.25) is 15.5 Å². The van der Waals surface area contributed by atoms with Crippen LogP contribution in [-0.4, -0.2) is 23.2 Å². The molecule has 0 saturated heterocycles. The molecular weight excluding hydrogens is 168 g/mol. The average molecular weight is 182 g/mol. The molecule has 6 nitrogen and oxygen atoms in total. The van der Waals surface area contributed by atoms with Crippen LogP contribution >= 0.6 is 0 Å². The molecule has 0 saturated carbocycles. The van der Waals surface area contributed by atoms with Gasteiger partial charge in [-0.2, -0.15) is 5.10 Å². The van der Waals surface area contributed by atoms with E-state index in [0.29, 0.717) is 5.96 Å². The second-order valence-corrected chi connectivity index (χ2v) is 2.61. The first kappa shape index (κ1) is 9.53. The topological polar surface area (TPSA) is 91.1 Å². The number of hydrazine groups is 1. The molecule has 0 aliphatic carbocycles. The Bertz CT molecular complexity index is 265. The van der Waals surface area contributed by atoms with Crippen LogP contribution in [0.3, 0.4) is 0 Å². The highest BCUT2D eigenvalue weighted by Gasteiger charge is 2.06. The zero-order valence-corrected chi connectivity index (χ0v) is 7.70. The minimum absolute atomic E-state index is 0.119. The molecule has 13 heavy (non-hydrogen) atoms. The number of aromatic amines is 1. The molecule has 1 aromatic heterocycles. The fraction of sp³-hybridized carbons (Fsp3) is 0.429. The smallest absolute Gasteiger partial charge is 0.205 e. The Morgan fingerprint density at radius 1 is 1.77 bits per heavy atom. The van der Waals surface area contributed by atoms with Crippen LogP contribution in [0.15, 0.2) is 17.4 Å². The van der Waals surface area contributed by atoms with Crippen molar-refractivity contribution in [3.8, 4) is 0 Å². The molecule has 0 aliphatic rings. The maximum absolute atomic E-state index is 5.22. The lowest BCUT2D eigenvalue weighted by atomic mass is 10.2. The van der Waals surface area contributed by atoms with E-state index in [2.05, 4.69) is 25.9 Å². The molecule has 0 radical (unpaired) electrons. The summed E-state index contributed by atoms with van der Waals surface area (Å²) in [4.78, 5) is 3.90. The number of nitrogens with one attached hydrogen (secondary N) is 3. The van der Waals surface area contributed by atoms with Gasteiger partial charge in [-0.1, -0.05) is 0 Å². The van der Waals surface area contributed by atoms with E-state index in [0.717, 1.165) is 5.56 Å². The molecule has 0 fully saturated rings. The maximum atomic E-state index is 5.22. The summed E-state index contributed by atoms with van der Waals surface area (Å²) in [6, 6.07) is 0.119. The highest BCUT2D eigenvalue weighted by Crippen LogP contribution is 2.07. The average Bonchev–Trinajstić information content (AvgIpc) is 2.66. The van der Waals surface area contributed by atoms with Crippen LogP contribution < -0.4 is 16.6 Å². The number of aromatic nitrogens is 2. The van der Waals surface area contributed by atoms with E-state index < -0.39 is 0 Å². The molecule has 1 unspecified atom stereocenters. The van der Waals surface area contributed by atoms with E-state index in [-0.39, 0.29) is 6.04 Å². The van der Waals surface area contributed by atoms with Crippen LogP contribution in [0.1, 0.15) is 18.5 Å². The number of aliphatic imine (C=N–C) groups is 1. The van der Waals surface area contributed by atoms with Gasteiger partial charge in [0.2, 0.25) is 5.96 Å². The Labute approximate surface area is 76.6 Å². The summed E-state index contributed by atoms with van der Waals surface area (Å²) in [5.74, 6) is 5.77. The molecule has 1 rings (SSSR count). The van der Waals surface area contributed by atoms with Crippen molar-refractivity contribution in [3.63, 3.8) is 0 Å². The van der Waals surface area contributed by atoms with Gasteiger partial charge >= 0.3 is 0 Å². The summed E-state index contributed by atoms with van der Waals surface area (Å²) < 4.78 is 0. The van der Waals surface area contributed by atoms with E-state index in [9.17, 15) is 0 Å². The number of nitrogens with zero attached hydrogens (tertiary/aromatic N) is 2. The van der Waals surface area contributed by atoms with Crippen molar-refractivity contribution in [2.75, 3.05) is 7.05 Å². The summed E-state index contributed by atoms with van der Waals surface area (Å²) in [5, 5.41) is 9.66. The number of H-pyrrole nitrogens is 1. The minimum Gasteiger partial charge on any atom is -0.349 e. The van der Waals surface area contributed by atoms with Gasteiger partial charge in [0, 0.05) is 18.8 Å². The summed E-state index contributed by atoms with van der Waals surface area (Å²) in [6.07, 6.45) is 3.57. The molecule has 0 spiro atoms. The van der Waals surface area contributed by atoms with Crippen LogP contribution in [0.4, 0.5) is 0 Å². The van der Waals surface area contributed by atoms with Crippen molar-refractivity contribution in [1.82, 2.24) is 20.9 Å². The third-order valence-electron chi connectivity index (χ3n) is 1.73. The molecule has 0 aromatic carbocycles. The molecule has 5 N–H and O–H groups in total. The number of nitrogens with two attached hydrogens (primary N) is 1. The van der Waals surface area contributed by atoms with E-state index in [1.807, 2.05) is 13.1 Å². The fourth-order valence-corrected chi connectivity index (χ4v) is 0.957. The summed E-state index contributed by atoms with van der Waals surface area (Å²) >= 11 is 0. The predicted molar refractivity (Wildman–Crippen MR) is 50.8 cm³/mol. The Kier molecular flexibility index (Phi) is 3.27. The SMILES string of the molecule is CN=C(NN)NC(C)c1cn[nH]c1. The van der Waals surface area contributed by atoms with E-state index in [1.54, 1.807) is 13.2 Å². The largest absolute Gasteiger partial charge is 0.349 e. The first-order valence-electron chi connectivity index (χ1n) is 3.96. The Balaban J connectivity index is 2.55. The standard InChI is InChI=1S/C7H14N6/c1-5(6-3-10-11-4-6)12-7(9-2)13-8/h3-5H,8H2,1-2H3,(H,10,11)(H2,9,12,13). The Hall–Kier alpha value is -1.56. The van der Waals surface area contributed by atoms with Crippen LogP contribution in [0.25, 0.3) is 0 Å². The highest BCUT2D eigenvalue weighted by molar-refractivity contribution is 5.79. The molecular formula is C7H14N6. The van der Waals surface area contributed by atoms with E-state index in [1.165, 1.54) is 0 Å². The molecule has 1 aromatic rings. The quantitative estimate of drug-likeness (QED) is 0.215. The molecule has 0 aliphatic heterocycles. The minimum atomic E-state index is 0.119. The van der Waals surface area contributed by atoms with Crippen LogP contribution in [0.5, 0.6) is 0 Å². The maximum Gasteiger partial charge on any atom is 0.205 e. The van der Waals surface area contributed by atoms with Gasteiger partial charge in [0.1, 0.15) is 0 Å². The van der Waals surface area contributed by atoms with Crippen molar-refractivity contribution in [2.45, 2.75) is 13.0 Å². The molecule has 0 bridgehead atoms. The molecule has 1 heterocycles. The van der Waals surface area contributed by atoms with E-state index >= 15 is 0 Å². The molecule has 72 valence electrons. The van der Waals surface area contributed by atoms with Gasteiger partial charge in [-0.25, -0.2) is 5.84 Å². The van der Waals surface area contributed by atoms with Crippen LogP contribution in [0, 0.1) is 0 Å². The van der Waals surface area contributed by atoms with Gasteiger partial charge in [0.05, 0.1) is 12.2 Å². The summed E-state index contributed by atoms with van der Waals surface area (Å²) in [5.41, 5.74) is 3.51. The van der Waals surface area contributed by atoms with Crippen molar-refractivity contribution in [3.05, 3.63) is 18.0 Å². The first-order chi connectivity index (χ1) is 6.27. The Morgan fingerprint density at radius 2 is 2.54 bits per heavy atom. The predicted octanol–water partition coefficient (Wildman–Crippen LogP) is -0.491. The third-order valence-corrected chi connectivity index (χ3v) is 1.73. The van der Waals surface area contributed by atoms with Crippen LogP contribution in [-0.2, 0) is 0 Å². The number of hydrogen-bond donors (Lipinski definition) is 4. The van der Waals surface area contributed by atoms with Crippen molar-refractivity contribution >= 4 is 5.96 Å². The number of rotatable bonds is 2. The Morgan fingerprint density at radius 3 is 3.00 bits per heavy atom. The van der Waals surface area contributed by atoms with Crippen LogP contribution in [0.2, 0.25) is 0 Å². The van der Waals surface area contributed by atoms with Gasteiger partial charge < -0.3 is 5.32 Å². The summed E-state index contributed by atoms with van der Waals surface area (Å²) in [7, 11) is 1.66. The highest BCUT2D eigenvalue weighted by atomic mass is 15.3. The lowest BCUT2D eigenvalue weighted by Gasteiger charge is -2.14. The van der Waals surface area contributed by atoms with Crippen molar-refractivity contribution in [2.24, 2.45) is 10.8 Å². The third kappa shape index (κ3) is 2.45. The van der Waals surface area contributed by atoms with Gasteiger partial charge in [-0.15, -0.1) is 0 Å². The van der Waals surface area contributed by atoms with Gasteiger partial charge in [0.25, 0.3) is 0 Å². The zero-order chi connectivity index (χ0) is 9.68. The second-order valence-electron chi connectivity index (χ2n) is 2.61. The summed E-state index contributed by atoms with van der Waals surface area (Å²) in [6.45, 7) is 1.99. The first-order valence-corrected chi connectivity index (χ1v) is 3.96. The monoisotopic (exact) mass is 182 g/mol. The lowest BCUT2D eigenvalue weighted by Crippen LogP contribution is -2.42. The van der Waals surface area contributed by atoms with Gasteiger partial charge in [-0.05, 0) is 6.92 Å². The zero-order valence-electron chi connectivity index (χ0n) is 7.70. The second kappa shape index (κ2) is 4.46. The normalized spacial score (nSPS) is 13.9. The lowest BCUT2D eigenvalue weighted by molar-refractivity contribution is 0.692.